The summed E-state index contributed by atoms with van der Waals surface area (Å²) >= 11 is 0. The van der Waals surface area contributed by atoms with Crippen LogP contribution < -0.4 is 15.2 Å². The lowest BCUT2D eigenvalue weighted by Gasteiger charge is -2.09. The number of para-hydroxylation sites is 2. The smallest absolute Gasteiger partial charge is 0.161 e. The van der Waals surface area contributed by atoms with Crippen LogP contribution in [-0.2, 0) is 6.61 Å². The van der Waals surface area contributed by atoms with Crippen molar-refractivity contribution in [3.63, 3.8) is 0 Å². The van der Waals surface area contributed by atoms with Crippen LogP contribution in [0.5, 0.6) is 11.5 Å². The molecule has 0 fully saturated rings. The van der Waals surface area contributed by atoms with Crippen LogP contribution in [0.3, 0.4) is 0 Å². The number of fused-ring (bicyclic) bond motifs is 1. The third kappa shape index (κ3) is 2.16. The molecule has 20 heavy (non-hydrogen) atoms. The Morgan fingerprint density at radius 3 is 2.65 bits per heavy atom. The molecule has 0 aliphatic carbocycles. The van der Waals surface area contributed by atoms with Gasteiger partial charge in [0.2, 0.25) is 0 Å². The second kappa shape index (κ2) is 5.17. The number of nitrogen functional groups attached to an aromatic ring is 1. The van der Waals surface area contributed by atoms with Gasteiger partial charge in [0.15, 0.2) is 11.5 Å². The molecule has 0 amide bonds. The van der Waals surface area contributed by atoms with E-state index >= 15 is 0 Å². The Labute approximate surface area is 116 Å². The van der Waals surface area contributed by atoms with Crippen LogP contribution in [0, 0.1) is 0 Å². The van der Waals surface area contributed by atoms with E-state index in [1.54, 1.807) is 13.4 Å². The van der Waals surface area contributed by atoms with Crippen molar-refractivity contribution in [3.8, 4) is 11.5 Å². The van der Waals surface area contributed by atoms with Crippen molar-refractivity contribution in [1.82, 2.24) is 0 Å². The summed E-state index contributed by atoms with van der Waals surface area (Å²) in [4.78, 5) is 0. The molecule has 0 saturated heterocycles. The molecule has 0 radical (unpaired) electrons. The van der Waals surface area contributed by atoms with Crippen LogP contribution in [0.25, 0.3) is 11.0 Å². The van der Waals surface area contributed by atoms with E-state index in [4.69, 9.17) is 19.6 Å². The standard InChI is InChI=1S/C16H15NO3/c1-18-13-6-2-3-7-14(13)19-9-11-10-20-15-8-4-5-12(17)16(11)15/h2-8,10H,9,17H2,1H3. The highest BCUT2D eigenvalue weighted by Gasteiger charge is 2.10. The van der Waals surface area contributed by atoms with Crippen molar-refractivity contribution in [3.05, 3.63) is 54.3 Å². The molecule has 2 N–H and O–H groups in total. The zero-order valence-corrected chi connectivity index (χ0v) is 11.1. The Bertz CT molecular complexity index is 733. The highest BCUT2D eigenvalue weighted by Crippen LogP contribution is 2.30. The van der Waals surface area contributed by atoms with Crippen LogP contribution in [0.1, 0.15) is 5.56 Å². The zero-order valence-electron chi connectivity index (χ0n) is 11.1. The van der Waals surface area contributed by atoms with Crippen LogP contribution in [0.15, 0.2) is 53.1 Å². The number of furan rings is 1. The molecule has 0 spiro atoms. The summed E-state index contributed by atoms with van der Waals surface area (Å²) in [5.41, 5.74) is 8.36. The SMILES string of the molecule is COc1ccccc1OCc1coc2cccc(N)c12. The maximum absolute atomic E-state index is 5.99. The van der Waals surface area contributed by atoms with E-state index in [-0.39, 0.29) is 0 Å². The van der Waals surface area contributed by atoms with Gasteiger partial charge >= 0.3 is 0 Å². The number of rotatable bonds is 4. The number of hydrogen-bond acceptors (Lipinski definition) is 4. The third-order valence-electron chi connectivity index (χ3n) is 3.16. The number of hydrogen-bond donors (Lipinski definition) is 1. The summed E-state index contributed by atoms with van der Waals surface area (Å²) in [5.74, 6) is 1.40. The molecule has 0 aliphatic heterocycles. The van der Waals surface area contributed by atoms with E-state index in [1.807, 2.05) is 42.5 Å². The molecule has 4 heteroatoms. The third-order valence-corrected chi connectivity index (χ3v) is 3.16. The van der Waals surface area contributed by atoms with Crippen molar-refractivity contribution in [1.29, 1.82) is 0 Å². The number of ether oxygens (including phenoxy) is 2. The molecular weight excluding hydrogens is 254 g/mol. The number of nitrogens with two attached hydrogens (primary N) is 1. The molecule has 3 aromatic rings. The molecule has 2 aromatic carbocycles. The molecule has 102 valence electrons. The van der Waals surface area contributed by atoms with Gasteiger partial charge in [-0.25, -0.2) is 0 Å². The van der Waals surface area contributed by atoms with E-state index in [1.165, 1.54) is 0 Å². The van der Waals surface area contributed by atoms with Crippen molar-refractivity contribution in [2.45, 2.75) is 6.61 Å². The fourth-order valence-electron chi connectivity index (χ4n) is 2.18. The van der Waals surface area contributed by atoms with Gasteiger partial charge in [-0.15, -0.1) is 0 Å². The topological polar surface area (TPSA) is 57.6 Å². The maximum Gasteiger partial charge on any atom is 0.161 e. The lowest BCUT2D eigenvalue weighted by atomic mass is 10.1. The average Bonchev–Trinajstić information content (AvgIpc) is 2.90. The monoisotopic (exact) mass is 269 g/mol. The highest BCUT2D eigenvalue weighted by atomic mass is 16.5. The average molecular weight is 269 g/mol. The van der Waals surface area contributed by atoms with Gasteiger partial charge in [0.25, 0.3) is 0 Å². The predicted molar refractivity (Wildman–Crippen MR) is 78.0 cm³/mol. The number of benzene rings is 2. The van der Waals surface area contributed by atoms with Crippen LogP contribution in [0.2, 0.25) is 0 Å². The van der Waals surface area contributed by atoms with Crippen molar-refractivity contribution in [2.24, 2.45) is 0 Å². The Morgan fingerprint density at radius 1 is 1.05 bits per heavy atom. The summed E-state index contributed by atoms with van der Waals surface area (Å²) in [6, 6.07) is 13.1. The second-order valence-electron chi connectivity index (χ2n) is 4.42. The minimum absolute atomic E-state index is 0.377. The van der Waals surface area contributed by atoms with E-state index in [9.17, 15) is 0 Å². The first-order valence-corrected chi connectivity index (χ1v) is 6.30. The van der Waals surface area contributed by atoms with Gasteiger partial charge in [-0.2, -0.15) is 0 Å². The fraction of sp³-hybridized carbons (Fsp3) is 0.125. The molecule has 1 aromatic heterocycles. The lowest BCUT2D eigenvalue weighted by Crippen LogP contribution is -1.97. The summed E-state index contributed by atoms with van der Waals surface area (Å²) < 4.78 is 16.5. The largest absolute Gasteiger partial charge is 0.493 e. The van der Waals surface area contributed by atoms with Gasteiger partial charge < -0.3 is 19.6 Å². The Kier molecular flexibility index (Phi) is 3.21. The zero-order chi connectivity index (χ0) is 13.9. The van der Waals surface area contributed by atoms with Crippen molar-refractivity contribution in [2.75, 3.05) is 12.8 Å². The van der Waals surface area contributed by atoms with E-state index in [0.717, 1.165) is 16.5 Å². The predicted octanol–water partition coefficient (Wildman–Crippen LogP) is 3.60. The minimum Gasteiger partial charge on any atom is -0.493 e. The van der Waals surface area contributed by atoms with Crippen LogP contribution >= 0.6 is 0 Å². The summed E-state index contributed by atoms with van der Waals surface area (Å²) in [5, 5.41) is 0.905. The summed E-state index contributed by atoms with van der Waals surface area (Å²) in [6.07, 6.45) is 1.68. The van der Waals surface area contributed by atoms with E-state index in [0.29, 0.717) is 23.8 Å². The fourth-order valence-corrected chi connectivity index (χ4v) is 2.18. The van der Waals surface area contributed by atoms with E-state index in [2.05, 4.69) is 0 Å². The molecule has 4 nitrogen and oxygen atoms in total. The quantitative estimate of drug-likeness (QED) is 0.735. The van der Waals surface area contributed by atoms with Gasteiger partial charge in [-0.1, -0.05) is 18.2 Å². The van der Waals surface area contributed by atoms with Crippen LogP contribution in [-0.4, -0.2) is 7.11 Å². The molecule has 1 heterocycles. The first-order chi connectivity index (χ1) is 9.79. The summed E-state index contributed by atoms with van der Waals surface area (Å²) in [7, 11) is 1.62. The molecule has 0 atom stereocenters. The maximum atomic E-state index is 5.99. The van der Waals surface area contributed by atoms with Crippen molar-refractivity contribution < 1.29 is 13.9 Å². The molecule has 3 rings (SSSR count). The van der Waals surface area contributed by atoms with Gasteiger partial charge in [0.05, 0.1) is 13.4 Å². The first-order valence-electron chi connectivity index (χ1n) is 6.30. The molecule has 0 saturated carbocycles. The molecule has 0 bridgehead atoms. The number of anilines is 1. The molecular formula is C16H15NO3. The lowest BCUT2D eigenvalue weighted by molar-refractivity contribution is 0.284. The Morgan fingerprint density at radius 2 is 1.85 bits per heavy atom. The van der Waals surface area contributed by atoms with Crippen molar-refractivity contribution >= 4 is 16.7 Å². The molecule has 0 aliphatic rings. The van der Waals surface area contributed by atoms with Crippen LogP contribution in [0.4, 0.5) is 5.69 Å². The van der Waals surface area contributed by atoms with E-state index < -0.39 is 0 Å². The second-order valence-corrected chi connectivity index (χ2v) is 4.42. The minimum atomic E-state index is 0.377. The summed E-state index contributed by atoms with van der Waals surface area (Å²) in [6.45, 7) is 0.377. The Balaban J connectivity index is 1.87. The Hall–Kier alpha value is -2.62. The highest BCUT2D eigenvalue weighted by molar-refractivity contribution is 5.92. The van der Waals surface area contributed by atoms with Gasteiger partial charge in [-0.3, -0.25) is 0 Å². The van der Waals surface area contributed by atoms with Gasteiger partial charge in [0, 0.05) is 16.6 Å². The van der Waals surface area contributed by atoms with Gasteiger partial charge in [0.1, 0.15) is 12.2 Å². The number of methoxy groups -OCH3 is 1. The molecule has 0 unspecified atom stereocenters. The first kappa shape index (κ1) is 12.4. The normalized spacial score (nSPS) is 10.7. The van der Waals surface area contributed by atoms with Gasteiger partial charge in [-0.05, 0) is 24.3 Å².